The summed E-state index contributed by atoms with van der Waals surface area (Å²) in [5.41, 5.74) is 0.825. The number of para-hydroxylation sites is 1. The van der Waals surface area contributed by atoms with Crippen LogP contribution in [0.25, 0.3) is 11.3 Å². The molecule has 1 heterocycles. The van der Waals surface area contributed by atoms with Gasteiger partial charge in [0.2, 0.25) is 0 Å². The lowest BCUT2D eigenvalue weighted by atomic mass is 10.1. The first-order chi connectivity index (χ1) is 9.30. The van der Waals surface area contributed by atoms with Gasteiger partial charge in [-0.2, -0.15) is 0 Å². The average Bonchev–Trinajstić information content (AvgIpc) is 2.92. The van der Waals surface area contributed by atoms with Crippen LogP contribution in [-0.2, 0) is 6.42 Å². The number of rotatable bonds is 6. The minimum atomic E-state index is 0.597. The zero-order valence-corrected chi connectivity index (χ0v) is 11.7. The molecule has 1 aromatic carbocycles. The van der Waals surface area contributed by atoms with Crippen molar-refractivity contribution in [1.29, 1.82) is 0 Å². The van der Waals surface area contributed by atoms with Crippen LogP contribution in [0, 0.1) is 0 Å². The first-order valence-electron chi connectivity index (χ1n) is 6.02. The Bertz CT molecular complexity index is 539. The molecule has 0 amide bonds. The molecule has 0 atom stereocenters. The van der Waals surface area contributed by atoms with Gasteiger partial charge in [-0.1, -0.05) is 6.07 Å². The van der Waals surface area contributed by atoms with Crippen LogP contribution in [0.1, 0.15) is 12.3 Å². The van der Waals surface area contributed by atoms with Gasteiger partial charge in [-0.05, 0) is 18.6 Å². The third-order valence-electron chi connectivity index (χ3n) is 2.75. The largest absolute Gasteiger partial charge is 0.493 e. The highest BCUT2D eigenvalue weighted by Crippen LogP contribution is 2.37. The van der Waals surface area contributed by atoms with Crippen molar-refractivity contribution in [3.8, 4) is 22.8 Å². The number of alkyl halides is 1. The molecule has 4 nitrogen and oxygen atoms in total. The summed E-state index contributed by atoms with van der Waals surface area (Å²) in [6.07, 6.45) is 3.27. The molecule has 0 aliphatic carbocycles. The quantitative estimate of drug-likeness (QED) is 0.760. The topological polar surface area (TPSA) is 44.5 Å². The lowest BCUT2D eigenvalue weighted by Gasteiger charge is -2.10. The van der Waals surface area contributed by atoms with Gasteiger partial charge in [0.1, 0.15) is 0 Å². The van der Waals surface area contributed by atoms with Gasteiger partial charge in [-0.25, -0.2) is 4.98 Å². The summed E-state index contributed by atoms with van der Waals surface area (Å²) in [6.45, 7) is 0. The number of halogens is 1. The smallest absolute Gasteiger partial charge is 0.194 e. The van der Waals surface area contributed by atoms with E-state index >= 15 is 0 Å². The number of methoxy groups -OCH3 is 2. The number of benzene rings is 1. The fourth-order valence-corrected chi connectivity index (χ4v) is 1.98. The van der Waals surface area contributed by atoms with E-state index in [-0.39, 0.29) is 0 Å². The lowest BCUT2D eigenvalue weighted by Crippen LogP contribution is -1.92. The minimum absolute atomic E-state index is 0.597. The van der Waals surface area contributed by atoms with Crippen LogP contribution in [0.3, 0.4) is 0 Å². The number of ether oxygens (including phenoxy) is 2. The summed E-state index contributed by atoms with van der Waals surface area (Å²) in [6, 6.07) is 5.64. The van der Waals surface area contributed by atoms with Crippen molar-refractivity contribution in [3.05, 3.63) is 30.3 Å². The monoisotopic (exact) mass is 281 g/mol. The summed E-state index contributed by atoms with van der Waals surface area (Å²) in [7, 11) is 3.21. The number of oxazole rings is 1. The summed E-state index contributed by atoms with van der Waals surface area (Å²) >= 11 is 5.66. The number of aryl methyl sites for hydroxylation is 1. The van der Waals surface area contributed by atoms with Crippen LogP contribution in [0.15, 0.2) is 28.8 Å². The van der Waals surface area contributed by atoms with Gasteiger partial charge in [0.05, 0.1) is 26.0 Å². The lowest BCUT2D eigenvalue weighted by molar-refractivity contribution is 0.355. The maximum absolute atomic E-state index is 5.71. The Morgan fingerprint density at radius 2 is 2.11 bits per heavy atom. The average molecular weight is 282 g/mol. The Balaban J connectivity index is 2.33. The zero-order chi connectivity index (χ0) is 13.7. The first kappa shape index (κ1) is 13.7. The van der Waals surface area contributed by atoms with Crippen molar-refractivity contribution in [2.45, 2.75) is 12.8 Å². The standard InChI is InChI=1S/C14H16ClNO3/c1-17-11-6-3-5-10(14(11)18-2)12-9-16-13(19-12)7-4-8-15/h3,5-6,9H,4,7-8H2,1-2H3. The number of nitrogens with zero attached hydrogens (tertiary/aromatic N) is 1. The number of aromatic nitrogens is 1. The highest BCUT2D eigenvalue weighted by atomic mass is 35.5. The molecule has 5 heteroatoms. The molecule has 2 aromatic rings. The molecule has 0 saturated heterocycles. The molecule has 0 aliphatic rings. The van der Waals surface area contributed by atoms with E-state index < -0.39 is 0 Å². The Morgan fingerprint density at radius 1 is 1.26 bits per heavy atom. The first-order valence-corrected chi connectivity index (χ1v) is 6.55. The number of hydrogen-bond donors (Lipinski definition) is 0. The second kappa shape index (κ2) is 6.48. The molecule has 102 valence electrons. The highest BCUT2D eigenvalue weighted by Gasteiger charge is 2.15. The van der Waals surface area contributed by atoms with E-state index in [1.54, 1.807) is 20.4 Å². The predicted molar refractivity (Wildman–Crippen MR) is 74.1 cm³/mol. The molecule has 0 N–H and O–H groups in total. The maximum atomic E-state index is 5.71. The molecule has 1 aromatic heterocycles. The minimum Gasteiger partial charge on any atom is -0.493 e. The van der Waals surface area contributed by atoms with E-state index in [0.29, 0.717) is 29.0 Å². The van der Waals surface area contributed by atoms with Gasteiger partial charge < -0.3 is 13.9 Å². The Labute approximate surface area is 117 Å². The molecular weight excluding hydrogens is 266 g/mol. The molecule has 2 rings (SSSR count). The van der Waals surface area contributed by atoms with Crippen LogP contribution >= 0.6 is 11.6 Å². The van der Waals surface area contributed by atoms with Crippen LogP contribution in [0.4, 0.5) is 0 Å². The van der Waals surface area contributed by atoms with Gasteiger partial charge in [0, 0.05) is 12.3 Å². The van der Waals surface area contributed by atoms with E-state index in [2.05, 4.69) is 4.98 Å². The third kappa shape index (κ3) is 3.01. The van der Waals surface area contributed by atoms with Crippen LogP contribution in [-0.4, -0.2) is 25.1 Å². The van der Waals surface area contributed by atoms with E-state index in [9.17, 15) is 0 Å². The molecule has 0 aliphatic heterocycles. The van der Waals surface area contributed by atoms with Gasteiger partial charge in [-0.3, -0.25) is 0 Å². The van der Waals surface area contributed by atoms with E-state index in [0.717, 1.165) is 18.4 Å². The van der Waals surface area contributed by atoms with Crippen molar-refractivity contribution in [2.75, 3.05) is 20.1 Å². The van der Waals surface area contributed by atoms with Crippen molar-refractivity contribution >= 4 is 11.6 Å². The molecular formula is C14H16ClNO3. The molecule has 0 bridgehead atoms. The molecule has 0 unspecified atom stereocenters. The van der Waals surface area contributed by atoms with Crippen molar-refractivity contribution in [2.24, 2.45) is 0 Å². The summed E-state index contributed by atoms with van der Waals surface area (Å²) in [5.74, 6) is 3.25. The summed E-state index contributed by atoms with van der Waals surface area (Å²) in [5, 5.41) is 0. The van der Waals surface area contributed by atoms with Crippen LogP contribution in [0.5, 0.6) is 11.5 Å². The zero-order valence-electron chi connectivity index (χ0n) is 11.0. The SMILES string of the molecule is COc1cccc(-c2cnc(CCCCl)o2)c1OC. The molecule has 0 saturated carbocycles. The van der Waals surface area contributed by atoms with Crippen LogP contribution < -0.4 is 9.47 Å². The van der Waals surface area contributed by atoms with Crippen LogP contribution in [0.2, 0.25) is 0 Å². The molecule has 0 spiro atoms. The Kier molecular flexibility index (Phi) is 4.68. The van der Waals surface area contributed by atoms with Gasteiger partial charge in [0.25, 0.3) is 0 Å². The van der Waals surface area contributed by atoms with Gasteiger partial charge >= 0.3 is 0 Å². The fraction of sp³-hybridized carbons (Fsp3) is 0.357. The summed E-state index contributed by atoms with van der Waals surface area (Å²) in [4.78, 5) is 4.24. The van der Waals surface area contributed by atoms with Crippen molar-refractivity contribution in [1.82, 2.24) is 4.98 Å². The van der Waals surface area contributed by atoms with Gasteiger partial charge in [-0.15, -0.1) is 11.6 Å². The molecule has 19 heavy (non-hydrogen) atoms. The maximum Gasteiger partial charge on any atom is 0.194 e. The van der Waals surface area contributed by atoms with Crippen molar-refractivity contribution < 1.29 is 13.9 Å². The predicted octanol–water partition coefficient (Wildman–Crippen LogP) is 3.53. The second-order valence-electron chi connectivity index (χ2n) is 3.95. The van der Waals surface area contributed by atoms with Gasteiger partial charge in [0.15, 0.2) is 23.1 Å². The Hall–Kier alpha value is -1.68. The van der Waals surface area contributed by atoms with Crippen molar-refractivity contribution in [3.63, 3.8) is 0 Å². The molecule has 0 fully saturated rings. The second-order valence-corrected chi connectivity index (χ2v) is 4.33. The fourth-order valence-electron chi connectivity index (χ4n) is 1.85. The number of hydrogen-bond acceptors (Lipinski definition) is 4. The van der Waals surface area contributed by atoms with E-state index in [4.69, 9.17) is 25.5 Å². The molecule has 0 radical (unpaired) electrons. The summed E-state index contributed by atoms with van der Waals surface area (Å²) < 4.78 is 16.4. The van der Waals surface area contributed by atoms with E-state index in [1.165, 1.54) is 0 Å². The third-order valence-corrected chi connectivity index (χ3v) is 3.01. The van der Waals surface area contributed by atoms with E-state index in [1.807, 2.05) is 18.2 Å². The highest BCUT2D eigenvalue weighted by molar-refractivity contribution is 6.17. The normalized spacial score (nSPS) is 10.5. The Morgan fingerprint density at radius 3 is 2.79 bits per heavy atom.